The average Bonchev–Trinajstić information content (AvgIpc) is 3.17. The molecule has 1 fully saturated rings. The van der Waals surface area contributed by atoms with E-state index in [0.29, 0.717) is 25.1 Å². The lowest BCUT2D eigenvalue weighted by atomic mass is 9.91. The van der Waals surface area contributed by atoms with Crippen molar-refractivity contribution in [2.24, 2.45) is 0 Å². The largest absolute Gasteiger partial charge is 0.449 e. The van der Waals surface area contributed by atoms with Gasteiger partial charge in [-0.2, -0.15) is 0 Å². The molecule has 1 spiro atoms. The van der Waals surface area contributed by atoms with Gasteiger partial charge in [0.15, 0.2) is 5.60 Å². The molecule has 2 aromatic carbocycles. The van der Waals surface area contributed by atoms with Crippen molar-refractivity contribution in [2.75, 3.05) is 13.1 Å². The summed E-state index contributed by atoms with van der Waals surface area (Å²) in [6.45, 7) is 2.95. The van der Waals surface area contributed by atoms with Crippen molar-refractivity contribution in [2.45, 2.75) is 24.9 Å². The fourth-order valence-corrected chi connectivity index (χ4v) is 4.05. The molecule has 0 saturated carbocycles. The minimum atomic E-state index is -0.678. The number of hydrogen-bond acceptors (Lipinski definition) is 3. The third-order valence-corrected chi connectivity index (χ3v) is 5.74. The highest BCUT2D eigenvalue weighted by atomic mass is 79.9. The van der Waals surface area contributed by atoms with Crippen LogP contribution < -0.4 is 0 Å². The van der Waals surface area contributed by atoms with E-state index in [9.17, 15) is 9.59 Å². The number of halogens is 1. The number of benzene rings is 2. The number of hydrogen-bond donors (Lipinski definition) is 0. The number of rotatable bonds is 2. The van der Waals surface area contributed by atoms with Crippen molar-refractivity contribution in [1.82, 2.24) is 4.90 Å². The van der Waals surface area contributed by atoms with Crippen LogP contribution in [0.3, 0.4) is 0 Å². The maximum absolute atomic E-state index is 12.9. The second-order valence-corrected chi connectivity index (χ2v) is 7.63. The first-order valence-corrected chi connectivity index (χ1v) is 9.17. The third-order valence-electron chi connectivity index (χ3n) is 5.21. The predicted molar refractivity (Wildman–Crippen MR) is 97.3 cm³/mol. The highest BCUT2D eigenvalue weighted by Crippen LogP contribution is 2.43. The highest BCUT2D eigenvalue weighted by molar-refractivity contribution is 9.10. The van der Waals surface area contributed by atoms with Crippen LogP contribution in [0.5, 0.6) is 0 Å². The first kappa shape index (κ1) is 16.3. The van der Waals surface area contributed by atoms with Crippen molar-refractivity contribution in [3.8, 4) is 0 Å². The summed E-state index contributed by atoms with van der Waals surface area (Å²) >= 11 is 3.42. The SMILES string of the molecule is CC(C(=O)N1CC[C@@]2(C1)OC(=O)c1ccccc12)c1ccc(Br)cc1. The van der Waals surface area contributed by atoms with Gasteiger partial charge in [0.1, 0.15) is 0 Å². The Balaban J connectivity index is 1.56. The monoisotopic (exact) mass is 399 g/mol. The molecule has 0 radical (unpaired) electrons. The zero-order chi connectivity index (χ0) is 17.6. The van der Waals surface area contributed by atoms with Gasteiger partial charge in [0.25, 0.3) is 0 Å². The molecule has 5 heteroatoms. The zero-order valence-electron chi connectivity index (χ0n) is 13.9. The van der Waals surface area contributed by atoms with Gasteiger partial charge in [-0.3, -0.25) is 4.79 Å². The minimum absolute atomic E-state index is 0.0691. The lowest BCUT2D eigenvalue weighted by Gasteiger charge is -2.25. The zero-order valence-corrected chi connectivity index (χ0v) is 15.5. The maximum atomic E-state index is 12.9. The molecule has 128 valence electrons. The lowest BCUT2D eigenvalue weighted by molar-refractivity contribution is -0.132. The van der Waals surface area contributed by atoms with Gasteiger partial charge in [-0.25, -0.2) is 4.79 Å². The van der Waals surface area contributed by atoms with Crippen LogP contribution in [0.15, 0.2) is 53.0 Å². The van der Waals surface area contributed by atoms with E-state index >= 15 is 0 Å². The fraction of sp³-hybridized carbons (Fsp3) is 0.300. The molecule has 2 aliphatic heterocycles. The second kappa shape index (κ2) is 5.99. The van der Waals surface area contributed by atoms with E-state index in [1.165, 1.54) is 0 Å². The van der Waals surface area contributed by atoms with Gasteiger partial charge in [0, 0.05) is 23.0 Å². The number of amides is 1. The van der Waals surface area contributed by atoms with Crippen LogP contribution in [0.1, 0.15) is 40.7 Å². The Labute approximate surface area is 154 Å². The van der Waals surface area contributed by atoms with Gasteiger partial charge < -0.3 is 9.64 Å². The van der Waals surface area contributed by atoms with Crippen LogP contribution in [-0.2, 0) is 15.1 Å². The van der Waals surface area contributed by atoms with E-state index in [-0.39, 0.29) is 17.8 Å². The molecule has 1 unspecified atom stereocenters. The molecule has 1 saturated heterocycles. The smallest absolute Gasteiger partial charge is 0.339 e. The number of carbonyl (C=O) groups excluding carboxylic acids is 2. The predicted octanol–water partition coefficient (Wildman–Crippen LogP) is 3.85. The van der Waals surface area contributed by atoms with Crippen LogP contribution >= 0.6 is 15.9 Å². The van der Waals surface area contributed by atoms with E-state index in [1.807, 2.05) is 54.3 Å². The van der Waals surface area contributed by atoms with Gasteiger partial charge >= 0.3 is 5.97 Å². The number of esters is 1. The Morgan fingerprint density at radius 2 is 1.92 bits per heavy atom. The summed E-state index contributed by atoms with van der Waals surface area (Å²) in [5, 5.41) is 0. The molecule has 4 rings (SSSR count). The molecule has 1 amide bonds. The van der Waals surface area contributed by atoms with Crippen LogP contribution in [0.2, 0.25) is 0 Å². The summed E-state index contributed by atoms with van der Waals surface area (Å²) in [6.07, 6.45) is 0.647. The summed E-state index contributed by atoms with van der Waals surface area (Å²) in [7, 11) is 0. The Hall–Kier alpha value is -2.14. The third kappa shape index (κ3) is 2.67. The van der Waals surface area contributed by atoms with Gasteiger partial charge in [-0.1, -0.05) is 46.3 Å². The normalized spacial score (nSPS) is 22.8. The molecule has 2 aromatic rings. The molecular weight excluding hydrogens is 382 g/mol. The molecule has 2 atom stereocenters. The summed E-state index contributed by atoms with van der Waals surface area (Å²) in [6, 6.07) is 15.3. The standard InChI is InChI=1S/C20H18BrNO3/c1-13(14-6-8-15(21)9-7-14)18(23)22-11-10-20(12-22)17-5-3-2-4-16(17)19(24)25-20/h2-9,13H,10-12H2,1H3/t13?,20-/m0/s1. The molecule has 0 aromatic heterocycles. The molecule has 4 nitrogen and oxygen atoms in total. The van der Waals surface area contributed by atoms with Gasteiger partial charge in [-0.05, 0) is 30.7 Å². The van der Waals surface area contributed by atoms with Crippen LogP contribution in [0, 0.1) is 0 Å². The average molecular weight is 400 g/mol. The number of fused-ring (bicyclic) bond motifs is 2. The highest BCUT2D eigenvalue weighted by Gasteiger charge is 2.51. The van der Waals surface area contributed by atoms with Gasteiger partial charge in [-0.15, -0.1) is 0 Å². The molecule has 25 heavy (non-hydrogen) atoms. The number of carbonyl (C=O) groups is 2. The van der Waals surface area contributed by atoms with Gasteiger partial charge in [0.05, 0.1) is 18.0 Å². The summed E-state index contributed by atoms with van der Waals surface area (Å²) in [5.74, 6) is -0.443. The Morgan fingerprint density at radius 1 is 1.20 bits per heavy atom. The van der Waals surface area contributed by atoms with E-state index in [2.05, 4.69) is 15.9 Å². The first-order chi connectivity index (χ1) is 12.0. The quantitative estimate of drug-likeness (QED) is 0.720. The fourth-order valence-electron chi connectivity index (χ4n) is 3.79. The Morgan fingerprint density at radius 3 is 2.68 bits per heavy atom. The van der Waals surface area contributed by atoms with E-state index in [0.717, 1.165) is 15.6 Å². The van der Waals surface area contributed by atoms with Crippen molar-refractivity contribution < 1.29 is 14.3 Å². The van der Waals surface area contributed by atoms with Crippen molar-refractivity contribution in [3.63, 3.8) is 0 Å². The van der Waals surface area contributed by atoms with E-state index in [4.69, 9.17) is 4.74 Å². The van der Waals surface area contributed by atoms with E-state index in [1.54, 1.807) is 6.07 Å². The number of nitrogens with zero attached hydrogens (tertiary/aromatic N) is 1. The molecule has 0 N–H and O–H groups in total. The Bertz CT molecular complexity index is 848. The molecule has 0 aliphatic carbocycles. The topological polar surface area (TPSA) is 46.6 Å². The van der Waals surface area contributed by atoms with E-state index < -0.39 is 5.60 Å². The number of likely N-dealkylation sites (tertiary alicyclic amines) is 1. The number of ether oxygens (including phenoxy) is 1. The summed E-state index contributed by atoms with van der Waals surface area (Å²) in [5.41, 5.74) is 1.84. The van der Waals surface area contributed by atoms with Crippen LogP contribution in [0.4, 0.5) is 0 Å². The maximum Gasteiger partial charge on any atom is 0.339 e. The minimum Gasteiger partial charge on any atom is -0.449 e. The van der Waals surface area contributed by atoms with Crippen LogP contribution in [0.25, 0.3) is 0 Å². The molecule has 2 aliphatic rings. The second-order valence-electron chi connectivity index (χ2n) is 6.71. The molecule has 0 bridgehead atoms. The first-order valence-electron chi connectivity index (χ1n) is 8.37. The summed E-state index contributed by atoms with van der Waals surface area (Å²) in [4.78, 5) is 26.9. The van der Waals surface area contributed by atoms with Crippen LogP contribution in [-0.4, -0.2) is 29.9 Å². The van der Waals surface area contributed by atoms with Crippen molar-refractivity contribution in [1.29, 1.82) is 0 Å². The van der Waals surface area contributed by atoms with Crippen molar-refractivity contribution in [3.05, 3.63) is 69.7 Å². The Kier molecular flexibility index (Phi) is 3.91. The molecular formula is C20H18BrNO3. The van der Waals surface area contributed by atoms with Gasteiger partial charge in [0.2, 0.25) is 5.91 Å². The summed E-state index contributed by atoms with van der Waals surface area (Å²) < 4.78 is 6.71. The molecule has 2 heterocycles. The van der Waals surface area contributed by atoms with Crippen molar-refractivity contribution >= 4 is 27.8 Å². The lowest BCUT2D eigenvalue weighted by Crippen LogP contribution is -2.36.